The Kier molecular flexibility index (Phi) is 4.22. The minimum atomic E-state index is -1.19. The number of nitrogens with one attached hydrogen (secondary N) is 2. The van der Waals surface area contributed by atoms with Crippen molar-refractivity contribution in [3.63, 3.8) is 0 Å². The Hall–Kier alpha value is -2.42. The molecule has 0 bridgehead atoms. The molecule has 2 amide bonds. The molecule has 100 valence electrons. The van der Waals surface area contributed by atoms with Gasteiger partial charge in [0.15, 0.2) is 0 Å². The van der Waals surface area contributed by atoms with Crippen LogP contribution in [0.25, 0.3) is 0 Å². The first kappa shape index (κ1) is 14.6. The van der Waals surface area contributed by atoms with Gasteiger partial charge in [-0.15, -0.1) is 0 Å². The topological polar surface area (TPSA) is 82.0 Å². The van der Waals surface area contributed by atoms with Crippen molar-refractivity contribution in [2.75, 3.05) is 10.6 Å². The first-order valence-electron chi connectivity index (χ1n) is 5.56. The Morgan fingerprint density at radius 2 is 1.95 bits per heavy atom. The molecular formula is C13H14FN3O2. The molecule has 0 aliphatic carbocycles. The zero-order valence-corrected chi connectivity index (χ0v) is 10.9. The molecule has 0 saturated carbocycles. The predicted octanol–water partition coefficient (Wildman–Crippen LogP) is 2.27. The lowest BCUT2D eigenvalue weighted by atomic mass is 9.94. The Labute approximate surface area is 110 Å². The van der Waals surface area contributed by atoms with Gasteiger partial charge in [0.25, 0.3) is 0 Å². The molecule has 0 aliphatic rings. The second kappa shape index (κ2) is 5.48. The van der Waals surface area contributed by atoms with Gasteiger partial charge >= 0.3 is 0 Å². The summed E-state index contributed by atoms with van der Waals surface area (Å²) in [7, 11) is 0. The first-order chi connectivity index (χ1) is 8.76. The molecule has 0 aliphatic heterocycles. The third-order valence-corrected chi connectivity index (χ3v) is 2.38. The van der Waals surface area contributed by atoms with Gasteiger partial charge in [0.05, 0.1) is 11.8 Å². The van der Waals surface area contributed by atoms with Crippen molar-refractivity contribution < 1.29 is 14.0 Å². The van der Waals surface area contributed by atoms with Gasteiger partial charge in [-0.3, -0.25) is 9.59 Å². The number of benzene rings is 1. The maximum absolute atomic E-state index is 13.4. The van der Waals surface area contributed by atoms with Crippen LogP contribution in [0.15, 0.2) is 18.2 Å². The highest BCUT2D eigenvalue weighted by molar-refractivity contribution is 5.97. The van der Waals surface area contributed by atoms with E-state index in [2.05, 4.69) is 10.6 Å². The van der Waals surface area contributed by atoms with Gasteiger partial charge in [0.2, 0.25) is 11.8 Å². The van der Waals surface area contributed by atoms with E-state index in [1.54, 1.807) is 0 Å². The van der Waals surface area contributed by atoms with Crippen molar-refractivity contribution >= 4 is 23.2 Å². The minimum absolute atomic E-state index is 0.0277. The quantitative estimate of drug-likeness (QED) is 0.877. The van der Waals surface area contributed by atoms with Crippen LogP contribution in [0.2, 0.25) is 0 Å². The lowest BCUT2D eigenvalue weighted by molar-refractivity contribution is -0.121. The van der Waals surface area contributed by atoms with Crippen molar-refractivity contribution in [1.82, 2.24) is 0 Å². The summed E-state index contributed by atoms with van der Waals surface area (Å²) in [5.74, 6) is -1.53. The summed E-state index contributed by atoms with van der Waals surface area (Å²) in [5.41, 5.74) is -0.915. The van der Waals surface area contributed by atoms with Crippen LogP contribution in [-0.4, -0.2) is 11.8 Å². The summed E-state index contributed by atoms with van der Waals surface area (Å²) >= 11 is 0. The zero-order chi connectivity index (χ0) is 14.6. The van der Waals surface area contributed by atoms with Gasteiger partial charge in [0, 0.05) is 12.6 Å². The van der Waals surface area contributed by atoms with Crippen molar-refractivity contribution in [1.29, 1.82) is 5.26 Å². The van der Waals surface area contributed by atoms with E-state index >= 15 is 0 Å². The van der Waals surface area contributed by atoms with Gasteiger partial charge in [-0.25, -0.2) is 4.39 Å². The fourth-order valence-electron chi connectivity index (χ4n) is 1.23. The van der Waals surface area contributed by atoms with Crippen LogP contribution in [0.4, 0.5) is 15.8 Å². The maximum atomic E-state index is 13.4. The molecule has 0 radical (unpaired) electrons. The molecule has 1 aromatic carbocycles. The fraction of sp³-hybridized carbons (Fsp3) is 0.308. The van der Waals surface area contributed by atoms with E-state index in [0.717, 1.165) is 6.07 Å². The molecule has 0 saturated heterocycles. The standard InChI is InChI=1S/C13H14FN3O2/c1-8(18)16-11-6-9(4-5-10(11)14)17-12(19)13(2,3)7-15/h4-6H,1-3H3,(H,16,18)(H,17,19). The summed E-state index contributed by atoms with van der Waals surface area (Å²) in [6, 6.07) is 5.64. The highest BCUT2D eigenvalue weighted by Crippen LogP contribution is 2.22. The van der Waals surface area contributed by atoms with Crippen LogP contribution in [-0.2, 0) is 9.59 Å². The van der Waals surface area contributed by atoms with Crippen LogP contribution >= 0.6 is 0 Å². The molecule has 0 aromatic heterocycles. The highest BCUT2D eigenvalue weighted by Gasteiger charge is 2.27. The largest absolute Gasteiger partial charge is 0.325 e. The van der Waals surface area contributed by atoms with Crippen LogP contribution in [0.5, 0.6) is 0 Å². The summed E-state index contributed by atoms with van der Waals surface area (Å²) in [6.45, 7) is 4.20. The zero-order valence-electron chi connectivity index (χ0n) is 10.9. The molecule has 1 aromatic rings. The van der Waals surface area contributed by atoms with E-state index in [0.29, 0.717) is 5.69 Å². The number of rotatable bonds is 3. The smallest absolute Gasteiger partial charge is 0.244 e. The number of nitrogens with zero attached hydrogens (tertiary/aromatic N) is 1. The summed E-state index contributed by atoms with van der Waals surface area (Å²) in [5, 5.41) is 13.6. The molecule has 5 nitrogen and oxygen atoms in total. The van der Waals surface area contributed by atoms with E-state index in [1.165, 1.54) is 32.9 Å². The fourth-order valence-corrected chi connectivity index (χ4v) is 1.23. The third kappa shape index (κ3) is 3.78. The molecular weight excluding hydrogens is 249 g/mol. The second-order valence-electron chi connectivity index (χ2n) is 4.57. The number of hydrogen-bond acceptors (Lipinski definition) is 3. The summed E-state index contributed by atoms with van der Waals surface area (Å²) in [4.78, 5) is 22.7. The molecule has 0 spiro atoms. The summed E-state index contributed by atoms with van der Waals surface area (Å²) in [6.07, 6.45) is 0. The number of amides is 2. The van der Waals surface area contributed by atoms with Gasteiger partial charge in [-0.1, -0.05) is 0 Å². The van der Waals surface area contributed by atoms with Crippen LogP contribution in [0, 0.1) is 22.6 Å². The number of anilines is 2. The van der Waals surface area contributed by atoms with Crippen molar-refractivity contribution in [2.24, 2.45) is 5.41 Å². The predicted molar refractivity (Wildman–Crippen MR) is 68.7 cm³/mol. The van der Waals surface area contributed by atoms with Crippen molar-refractivity contribution in [3.05, 3.63) is 24.0 Å². The average Bonchev–Trinajstić information content (AvgIpc) is 2.32. The molecule has 19 heavy (non-hydrogen) atoms. The molecule has 0 unspecified atom stereocenters. The van der Waals surface area contributed by atoms with Crippen molar-refractivity contribution in [2.45, 2.75) is 20.8 Å². The number of halogens is 1. The van der Waals surface area contributed by atoms with E-state index < -0.39 is 23.0 Å². The van der Waals surface area contributed by atoms with E-state index in [-0.39, 0.29) is 5.69 Å². The molecule has 6 heteroatoms. The average molecular weight is 263 g/mol. The normalized spacial score (nSPS) is 10.5. The number of carbonyl (C=O) groups is 2. The molecule has 0 atom stereocenters. The molecule has 1 rings (SSSR count). The lowest BCUT2D eigenvalue weighted by Crippen LogP contribution is -2.29. The van der Waals surface area contributed by atoms with Gasteiger partial charge in [-0.05, 0) is 32.0 Å². The van der Waals surface area contributed by atoms with E-state index in [9.17, 15) is 14.0 Å². The van der Waals surface area contributed by atoms with Crippen LogP contribution in [0.3, 0.4) is 0 Å². The summed E-state index contributed by atoms with van der Waals surface area (Å²) < 4.78 is 13.4. The van der Waals surface area contributed by atoms with Crippen LogP contribution < -0.4 is 10.6 Å². The van der Waals surface area contributed by atoms with Gasteiger partial charge < -0.3 is 10.6 Å². The molecule has 0 heterocycles. The Balaban J connectivity index is 2.95. The van der Waals surface area contributed by atoms with Gasteiger partial charge in [-0.2, -0.15) is 5.26 Å². The third-order valence-electron chi connectivity index (χ3n) is 2.38. The Bertz CT molecular complexity index is 561. The van der Waals surface area contributed by atoms with E-state index in [1.807, 2.05) is 6.07 Å². The van der Waals surface area contributed by atoms with Gasteiger partial charge in [0.1, 0.15) is 11.2 Å². The Morgan fingerprint density at radius 1 is 1.32 bits per heavy atom. The lowest BCUT2D eigenvalue weighted by Gasteiger charge is -2.15. The van der Waals surface area contributed by atoms with Crippen molar-refractivity contribution in [3.8, 4) is 6.07 Å². The van der Waals surface area contributed by atoms with E-state index in [4.69, 9.17) is 5.26 Å². The highest BCUT2D eigenvalue weighted by atomic mass is 19.1. The monoisotopic (exact) mass is 263 g/mol. The number of carbonyl (C=O) groups excluding carboxylic acids is 2. The van der Waals surface area contributed by atoms with Crippen LogP contribution in [0.1, 0.15) is 20.8 Å². The Morgan fingerprint density at radius 3 is 2.47 bits per heavy atom. The maximum Gasteiger partial charge on any atom is 0.244 e. The first-order valence-corrected chi connectivity index (χ1v) is 5.56. The SMILES string of the molecule is CC(=O)Nc1cc(NC(=O)C(C)(C)C#N)ccc1F. The molecule has 2 N–H and O–H groups in total. The minimum Gasteiger partial charge on any atom is -0.325 e. The number of nitriles is 1. The molecule has 0 fully saturated rings. The number of hydrogen-bond donors (Lipinski definition) is 2. The second-order valence-corrected chi connectivity index (χ2v) is 4.57.